The summed E-state index contributed by atoms with van der Waals surface area (Å²) in [5.41, 5.74) is -4.16. The van der Waals surface area contributed by atoms with E-state index in [0.29, 0.717) is 25.7 Å². The van der Waals surface area contributed by atoms with Gasteiger partial charge in [-0.05, 0) is 25.7 Å². The molecule has 0 aliphatic heterocycles. The SMILES string of the molecule is CCCCCCCCCCCCC(CCCCCCCC)(C(=O)O)C(OCCCCCCCC)(C(=O)O)C(CCCCCCCC)C(=O)O. The highest BCUT2D eigenvalue weighted by atomic mass is 16.5. The van der Waals surface area contributed by atoms with Gasteiger partial charge in [0.1, 0.15) is 5.41 Å². The fraction of sp³-hybridized carbons (Fsp3) is 0.929. The van der Waals surface area contributed by atoms with Crippen LogP contribution in [0.4, 0.5) is 0 Å². The van der Waals surface area contributed by atoms with Crippen LogP contribution in [0.2, 0.25) is 0 Å². The molecule has 0 aliphatic carbocycles. The standard InChI is InChI=1S/C42H80O7/c1-5-9-13-17-21-22-23-24-27-31-35-41(39(45)46,34-30-26-19-15-11-7-3)42(40(47)48,49-36-32-28-20-16-12-8-4)37(38(43)44)33-29-25-18-14-10-6-2/h37H,5-36H2,1-4H3,(H,43,44)(H,45,46)(H,47,48). The second kappa shape index (κ2) is 31.1. The summed E-state index contributed by atoms with van der Waals surface area (Å²) in [5, 5.41) is 33.0. The zero-order valence-corrected chi connectivity index (χ0v) is 32.7. The number of rotatable bonds is 38. The molecule has 0 rings (SSSR count). The molecule has 49 heavy (non-hydrogen) atoms. The normalized spacial score (nSPS) is 14.7. The van der Waals surface area contributed by atoms with E-state index in [1.54, 1.807) is 0 Å². The van der Waals surface area contributed by atoms with Crippen molar-refractivity contribution in [2.75, 3.05) is 6.61 Å². The Morgan fingerprint density at radius 2 is 0.776 bits per heavy atom. The predicted molar refractivity (Wildman–Crippen MR) is 203 cm³/mol. The molecule has 0 saturated carbocycles. The molecule has 0 aliphatic rings. The van der Waals surface area contributed by atoms with Gasteiger partial charge in [-0.25, -0.2) is 4.79 Å². The van der Waals surface area contributed by atoms with Crippen molar-refractivity contribution in [3.8, 4) is 0 Å². The van der Waals surface area contributed by atoms with Crippen LogP contribution in [0.25, 0.3) is 0 Å². The van der Waals surface area contributed by atoms with Gasteiger partial charge in [0.25, 0.3) is 0 Å². The lowest BCUT2D eigenvalue weighted by Gasteiger charge is -2.48. The van der Waals surface area contributed by atoms with Gasteiger partial charge in [-0.3, -0.25) is 9.59 Å². The van der Waals surface area contributed by atoms with Crippen molar-refractivity contribution in [2.45, 2.75) is 232 Å². The molecule has 3 atom stereocenters. The largest absolute Gasteiger partial charge is 0.481 e. The molecule has 0 radical (unpaired) electrons. The van der Waals surface area contributed by atoms with Crippen LogP contribution in [0.15, 0.2) is 0 Å². The summed E-state index contributed by atoms with van der Waals surface area (Å²) in [6.07, 6.45) is 28.1. The van der Waals surface area contributed by atoms with Gasteiger partial charge in [-0.15, -0.1) is 0 Å². The van der Waals surface area contributed by atoms with Crippen LogP contribution in [0.5, 0.6) is 0 Å². The van der Waals surface area contributed by atoms with Gasteiger partial charge >= 0.3 is 17.9 Å². The molecular formula is C42H80O7. The number of unbranched alkanes of at least 4 members (excludes halogenated alkanes) is 24. The molecule has 0 bridgehead atoms. The Balaban J connectivity index is 6.39. The fourth-order valence-electron chi connectivity index (χ4n) is 7.72. The molecule has 0 amide bonds. The van der Waals surface area contributed by atoms with E-state index >= 15 is 0 Å². The Bertz CT molecular complexity index is 815. The number of carboxylic acid groups (broad SMARTS) is 3. The molecule has 0 aromatic rings. The molecule has 7 heteroatoms. The first-order valence-electron chi connectivity index (χ1n) is 21.0. The van der Waals surface area contributed by atoms with E-state index in [4.69, 9.17) is 4.74 Å². The summed E-state index contributed by atoms with van der Waals surface area (Å²) in [6, 6.07) is 0. The Morgan fingerprint density at radius 1 is 0.449 bits per heavy atom. The Hall–Kier alpha value is -1.63. The van der Waals surface area contributed by atoms with E-state index in [0.717, 1.165) is 122 Å². The van der Waals surface area contributed by atoms with Crippen LogP contribution in [-0.2, 0) is 19.1 Å². The monoisotopic (exact) mass is 697 g/mol. The maximum absolute atomic E-state index is 13.7. The summed E-state index contributed by atoms with van der Waals surface area (Å²) >= 11 is 0. The van der Waals surface area contributed by atoms with Crippen molar-refractivity contribution in [2.24, 2.45) is 11.3 Å². The summed E-state index contributed by atoms with van der Waals surface area (Å²) in [5.74, 6) is -5.32. The van der Waals surface area contributed by atoms with Crippen LogP contribution in [0.3, 0.4) is 0 Å². The highest BCUT2D eigenvalue weighted by Crippen LogP contribution is 2.50. The Labute approximate surface area is 302 Å². The zero-order chi connectivity index (χ0) is 36.6. The third-order valence-electron chi connectivity index (χ3n) is 10.8. The number of aliphatic carboxylic acids is 3. The van der Waals surface area contributed by atoms with Crippen molar-refractivity contribution < 1.29 is 34.4 Å². The molecule has 0 aromatic heterocycles. The van der Waals surface area contributed by atoms with Gasteiger partial charge in [0.15, 0.2) is 5.60 Å². The lowest BCUT2D eigenvalue weighted by atomic mass is 9.59. The first-order valence-corrected chi connectivity index (χ1v) is 21.0. The van der Waals surface area contributed by atoms with E-state index in [-0.39, 0.29) is 25.9 Å². The van der Waals surface area contributed by atoms with Crippen molar-refractivity contribution in [3.63, 3.8) is 0 Å². The predicted octanol–water partition coefficient (Wildman–Crippen LogP) is 12.8. The van der Waals surface area contributed by atoms with E-state index in [1.807, 2.05) is 0 Å². The van der Waals surface area contributed by atoms with E-state index < -0.39 is 34.8 Å². The minimum Gasteiger partial charge on any atom is -0.481 e. The average Bonchev–Trinajstić information content (AvgIpc) is 3.07. The molecule has 0 saturated heterocycles. The van der Waals surface area contributed by atoms with Gasteiger partial charge in [-0.1, -0.05) is 201 Å². The van der Waals surface area contributed by atoms with E-state index in [9.17, 15) is 29.7 Å². The second-order valence-electron chi connectivity index (χ2n) is 14.9. The maximum atomic E-state index is 13.7. The first kappa shape index (κ1) is 47.4. The van der Waals surface area contributed by atoms with Crippen LogP contribution in [0.1, 0.15) is 227 Å². The maximum Gasteiger partial charge on any atom is 0.338 e. The quantitative estimate of drug-likeness (QED) is 0.0549. The topological polar surface area (TPSA) is 121 Å². The number of hydrogen-bond donors (Lipinski definition) is 3. The summed E-state index contributed by atoms with van der Waals surface area (Å²) in [7, 11) is 0. The molecule has 0 fully saturated rings. The lowest BCUT2D eigenvalue weighted by molar-refractivity contribution is -0.221. The third kappa shape index (κ3) is 19.0. The molecule has 3 N–H and O–H groups in total. The molecule has 3 unspecified atom stereocenters. The van der Waals surface area contributed by atoms with Crippen LogP contribution in [0, 0.1) is 11.3 Å². The number of carboxylic acids is 3. The highest BCUT2D eigenvalue weighted by Gasteiger charge is 2.67. The Morgan fingerprint density at radius 3 is 1.10 bits per heavy atom. The van der Waals surface area contributed by atoms with Gasteiger partial charge in [0, 0.05) is 6.61 Å². The zero-order valence-electron chi connectivity index (χ0n) is 32.7. The van der Waals surface area contributed by atoms with Crippen LogP contribution in [-0.4, -0.2) is 45.4 Å². The number of ether oxygens (including phenoxy) is 1. The minimum atomic E-state index is -2.33. The van der Waals surface area contributed by atoms with Crippen LogP contribution >= 0.6 is 0 Å². The van der Waals surface area contributed by atoms with Crippen molar-refractivity contribution in [3.05, 3.63) is 0 Å². The average molecular weight is 697 g/mol. The molecule has 7 nitrogen and oxygen atoms in total. The molecule has 0 spiro atoms. The van der Waals surface area contributed by atoms with Crippen molar-refractivity contribution in [1.29, 1.82) is 0 Å². The van der Waals surface area contributed by atoms with Crippen molar-refractivity contribution in [1.82, 2.24) is 0 Å². The fourth-order valence-corrected chi connectivity index (χ4v) is 7.72. The van der Waals surface area contributed by atoms with Crippen molar-refractivity contribution >= 4 is 17.9 Å². The minimum absolute atomic E-state index is 0.0578. The molecule has 290 valence electrons. The van der Waals surface area contributed by atoms with Gasteiger partial charge < -0.3 is 20.1 Å². The van der Waals surface area contributed by atoms with Gasteiger partial charge in [0.2, 0.25) is 0 Å². The number of hydrogen-bond acceptors (Lipinski definition) is 4. The van der Waals surface area contributed by atoms with Gasteiger partial charge in [-0.2, -0.15) is 0 Å². The summed E-state index contributed by atoms with van der Waals surface area (Å²) in [6.45, 7) is 8.73. The smallest absolute Gasteiger partial charge is 0.338 e. The Kier molecular flexibility index (Phi) is 30.1. The highest BCUT2D eigenvalue weighted by molar-refractivity contribution is 5.93. The van der Waals surface area contributed by atoms with E-state index in [2.05, 4.69) is 27.7 Å². The van der Waals surface area contributed by atoms with Gasteiger partial charge in [0.05, 0.1) is 5.92 Å². The molecular weight excluding hydrogens is 616 g/mol. The first-order chi connectivity index (χ1) is 23.7. The van der Waals surface area contributed by atoms with Crippen LogP contribution < -0.4 is 0 Å². The van der Waals surface area contributed by atoms with E-state index in [1.165, 1.54) is 32.1 Å². The number of carbonyl (C=O) groups is 3. The second-order valence-corrected chi connectivity index (χ2v) is 14.9. The third-order valence-corrected chi connectivity index (χ3v) is 10.8. The molecule has 0 heterocycles. The molecule has 0 aromatic carbocycles. The lowest BCUT2D eigenvalue weighted by Crippen LogP contribution is -2.65. The summed E-state index contributed by atoms with van der Waals surface area (Å²) in [4.78, 5) is 40.5. The summed E-state index contributed by atoms with van der Waals surface area (Å²) < 4.78 is 6.42.